The number of hydrogen-bond donors (Lipinski definition) is 14. The van der Waals surface area contributed by atoms with Gasteiger partial charge in [-0.3, -0.25) is 0 Å². The smallest absolute Gasteiger partial charge is 0.0553 e. The van der Waals surface area contributed by atoms with E-state index in [4.69, 9.17) is 75.9 Å². The third-order valence-corrected chi connectivity index (χ3v) is 0.904. The molecule has 0 rings (SSSR count). The molecule has 0 aliphatic rings. The van der Waals surface area contributed by atoms with Crippen LogP contribution in [0.3, 0.4) is 0 Å². The van der Waals surface area contributed by atoms with Gasteiger partial charge in [0.25, 0.3) is 0 Å². The molecule has 0 radical (unpaired) electrons. The van der Waals surface area contributed by atoms with E-state index in [1.165, 1.54) is 0 Å². The molecule has 14 heteroatoms. The lowest BCUT2D eigenvalue weighted by Crippen LogP contribution is -2.02. The maximum Gasteiger partial charge on any atom is 0.0553 e. The van der Waals surface area contributed by atoms with Crippen LogP contribution in [0.15, 0.2) is 0 Å². The molecular formula is C14H49N7O7. The molecule has 182 valence electrons. The van der Waals surface area contributed by atoms with Crippen LogP contribution in [0.5, 0.6) is 0 Å². The molecular weight excluding hydrogens is 378 g/mol. The zero-order valence-corrected chi connectivity index (χ0v) is 17.1. The molecule has 0 spiro atoms. The van der Waals surface area contributed by atoms with E-state index in [9.17, 15) is 0 Å². The first-order valence-electron chi connectivity index (χ1n) is 8.57. The highest BCUT2D eigenvalue weighted by atomic mass is 16.3. The van der Waals surface area contributed by atoms with Crippen molar-refractivity contribution < 1.29 is 35.7 Å². The quantitative estimate of drug-likeness (QED) is 0.179. The van der Waals surface area contributed by atoms with Crippen LogP contribution in [-0.2, 0) is 0 Å². The molecule has 0 aromatic rings. The van der Waals surface area contributed by atoms with Gasteiger partial charge in [0.2, 0.25) is 0 Å². The Morgan fingerprint density at radius 1 is 0.250 bits per heavy atom. The van der Waals surface area contributed by atoms with Crippen molar-refractivity contribution in [1.82, 2.24) is 0 Å². The van der Waals surface area contributed by atoms with E-state index < -0.39 is 0 Å². The maximum atomic E-state index is 7.75. The third kappa shape index (κ3) is 366. The van der Waals surface area contributed by atoms with Crippen LogP contribution >= 0.6 is 0 Å². The Bertz CT molecular complexity index is 95.3. The predicted octanol–water partition coefficient (Wildman–Crippen LogP) is -7.44. The highest BCUT2D eigenvalue weighted by Gasteiger charge is 1.58. The van der Waals surface area contributed by atoms with E-state index >= 15 is 0 Å². The van der Waals surface area contributed by atoms with Crippen molar-refractivity contribution in [3.8, 4) is 0 Å². The zero-order valence-electron chi connectivity index (χ0n) is 17.1. The monoisotopic (exact) mass is 427 g/mol. The molecule has 0 aromatic heterocycles. The fourth-order valence-corrected chi connectivity index (χ4v) is 0. The number of aliphatic hydroxyl groups is 7. The Labute approximate surface area is 168 Å². The van der Waals surface area contributed by atoms with E-state index in [-0.39, 0.29) is 46.2 Å². The lowest BCUT2D eigenvalue weighted by Gasteiger charge is -1.71. The SMILES string of the molecule is NCCO.NCCO.NCCO.NCCO.NCCO.NCCO.NCCO. The number of hydrogen-bond acceptors (Lipinski definition) is 14. The molecule has 0 fully saturated rings. The van der Waals surface area contributed by atoms with Crippen LogP contribution in [0.25, 0.3) is 0 Å². The van der Waals surface area contributed by atoms with Crippen LogP contribution < -0.4 is 40.1 Å². The fraction of sp³-hybridized carbons (Fsp3) is 1.00. The topological polar surface area (TPSA) is 324 Å². The van der Waals surface area contributed by atoms with Crippen molar-refractivity contribution in [3.63, 3.8) is 0 Å². The van der Waals surface area contributed by atoms with Crippen LogP contribution in [0.1, 0.15) is 0 Å². The summed E-state index contributed by atoms with van der Waals surface area (Å²) >= 11 is 0. The van der Waals surface area contributed by atoms with Crippen molar-refractivity contribution in [3.05, 3.63) is 0 Å². The largest absolute Gasteiger partial charge is 0.395 e. The first kappa shape index (κ1) is 45.9. The molecule has 28 heavy (non-hydrogen) atoms. The molecule has 0 saturated carbocycles. The predicted molar refractivity (Wildman–Crippen MR) is 113 cm³/mol. The average Bonchev–Trinajstić information content (AvgIpc) is 2.79. The molecule has 0 heterocycles. The van der Waals surface area contributed by atoms with Crippen LogP contribution in [0.4, 0.5) is 0 Å². The molecule has 0 aliphatic carbocycles. The third-order valence-electron chi connectivity index (χ3n) is 0.904. The summed E-state index contributed by atoms with van der Waals surface area (Å²) in [5.74, 6) is 0. The summed E-state index contributed by atoms with van der Waals surface area (Å²) in [5.41, 5.74) is 33.4. The normalized spacial score (nSPS) is 7.50. The minimum atomic E-state index is 0.0972. The van der Waals surface area contributed by atoms with Gasteiger partial charge in [-0.15, -0.1) is 0 Å². The summed E-state index contributed by atoms with van der Waals surface area (Å²) in [7, 11) is 0. The lowest BCUT2D eigenvalue weighted by atomic mass is 10.8. The molecule has 0 bridgehead atoms. The van der Waals surface area contributed by atoms with Crippen molar-refractivity contribution in [2.24, 2.45) is 40.1 Å². The molecule has 14 nitrogen and oxygen atoms in total. The molecule has 0 unspecified atom stereocenters. The molecule has 0 aliphatic heterocycles. The van der Waals surface area contributed by atoms with Gasteiger partial charge >= 0.3 is 0 Å². The average molecular weight is 428 g/mol. The summed E-state index contributed by atoms with van der Waals surface area (Å²) in [6.45, 7) is 3.31. The summed E-state index contributed by atoms with van der Waals surface area (Å²) < 4.78 is 0. The molecule has 0 aromatic carbocycles. The fourth-order valence-electron chi connectivity index (χ4n) is 0. The van der Waals surface area contributed by atoms with E-state index in [2.05, 4.69) is 0 Å². The summed E-state index contributed by atoms with van der Waals surface area (Å²) in [4.78, 5) is 0. The molecule has 0 amide bonds. The Kier molecular flexibility index (Phi) is 155. The Morgan fingerprint density at radius 2 is 0.286 bits per heavy atom. The van der Waals surface area contributed by atoms with Gasteiger partial charge in [-0.25, -0.2) is 0 Å². The van der Waals surface area contributed by atoms with Crippen molar-refractivity contribution >= 4 is 0 Å². The Balaban J connectivity index is -0.0000000367. The van der Waals surface area contributed by atoms with Crippen molar-refractivity contribution in [1.29, 1.82) is 0 Å². The summed E-state index contributed by atoms with van der Waals surface area (Å²) in [6, 6.07) is 0. The summed E-state index contributed by atoms with van der Waals surface area (Å²) in [6.07, 6.45) is 0. The number of nitrogens with two attached hydrogens (primary N) is 7. The second kappa shape index (κ2) is 94.7. The van der Waals surface area contributed by atoms with E-state index in [0.29, 0.717) is 45.8 Å². The zero-order chi connectivity index (χ0) is 23.9. The first-order chi connectivity index (χ1) is 13.4. The van der Waals surface area contributed by atoms with Gasteiger partial charge in [0.05, 0.1) is 46.2 Å². The maximum absolute atomic E-state index is 7.75. The second-order valence-electron chi connectivity index (χ2n) is 3.59. The van der Waals surface area contributed by atoms with Crippen LogP contribution in [-0.4, -0.2) is 128 Å². The number of aliphatic hydroxyl groups excluding tert-OH is 7. The minimum absolute atomic E-state index is 0.0972. The summed E-state index contributed by atoms with van der Waals surface area (Å²) in [5, 5.41) is 54.2. The van der Waals surface area contributed by atoms with E-state index in [1.807, 2.05) is 0 Å². The van der Waals surface area contributed by atoms with E-state index in [0.717, 1.165) is 0 Å². The molecule has 0 atom stereocenters. The lowest BCUT2D eigenvalue weighted by molar-refractivity contribution is 0.306. The van der Waals surface area contributed by atoms with Gasteiger partial charge in [0.15, 0.2) is 0 Å². The molecule has 21 N–H and O–H groups in total. The van der Waals surface area contributed by atoms with Crippen LogP contribution in [0.2, 0.25) is 0 Å². The number of rotatable bonds is 7. The van der Waals surface area contributed by atoms with Gasteiger partial charge < -0.3 is 75.9 Å². The standard InChI is InChI=1S/7C2H7NO/c7*3-1-2-4/h7*4H,1-3H2. The highest BCUT2D eigenvalue weighted by molar-refractivity contribution is 4.19. The van der Waals surface area contributed by atoms with E-state index in [1.54, 1.807) is 0 Å². The van der Waals surface area contributed by atoms with Gasteiger partial charge in [-0.05, 0) is 0 Å². The van der Waals surface area contributed by atoms with Crippen molar-refractivity contribution in [2.45, 2.75) is 0 Å². The van der Waals surface area contributed by atoms with Gasteiger partial charge in [-0.1, -0.05) is 0 Å². The highest BCUT2D eigenvalue weighted by Crippen LogP contribution is 1.35. The molecule has 0 saturated heterocycles. The van der Waals surface area contributed by atoms with Gasteiger partial charge in [0.1, 0.15) is 0 Å². The second-order valence-corrected chi connectivity index (χ2v) is 3.59. The van der Waals surface area contributed by atoms with Gasteiger partial charge in [0, 0.05) is 45.8 Å². The first-order valence-corrected chi connectivity index (χ1v) is 8.57. The minimum Gasteiger partial charge on any atom is -0.395 e. The Hall–Kier alpha value is -0.560. The van der Waals surface area contributed by atoms with Crippen molar-refractivity contribution in [2.75, 3.05) is 92.1 Å². The Morgan fingerprint density at radius 3 is 0.286 bits per heavy atom. The van der Waals surface area contributed by atoms with Gasteiger partial charge in [-0.2, -0.15) is 0 Å². The van der Waals surface area contributed by atoms with Crippen LogP contribution in [0, 0.1) is 0 Å².